The van der Waals surface area contributed by atoms with Crippen LogP contribution in [0.15, 0.2) is 18.3 Å². The van der Waals surface area contributed by atoms with E-state index in [1.165, 1.54) is 0 Å². The zero-order valence-electron chi connectivity index (χ0n) is 9.49. The first-order chi connectivity index (χ1) is 7.13. The Bertz CT molecular complexity index is 352. The maximum Gasteiger partial charge on any atom is 0.142 e. The first-order valence-corrected chi connectivity index (χ1v) is 5.23. The summed E-state index contributed by atoms with van der Waals surface area (Å²) in [6.07, 6.45) is 1.65. The van der Waals surface area contributed by atoms with Crippen molar-refractivity contribution < 1.29 is 0 Å². The van der Waals surface area contributed by atoms with E-state index in [0.29, 0.717) is 17.5 Å². The van der Waals surface area contributed by atoms with Crippen LogP contribution in [0, 0.1) is 23.2 Å². The van der Waals surface area contributed by atoms with Gasteiger partial charge in [-0.1, -0.05) is 20.8 Å². The summed E-state index contributed by atoms with van der Waals surface area (Å²) in [6.45, 7) is 7.55. The van der Waals surface area contributed by atoms with Crippen LogP contribution in [-0.2, 0) is 0 Å². The Labute approximate surface area is 91.1 Å². The number of rotatable bonds is 4. The van der Waals surface area contributed by atoms with Gasteiger partial charge in [-0.3, -0.25) is 0 Å². The van der Waals surface area contributed by atoms with E-state index in [0.717, 1.165) is 12.2 Å². The first kappa shape index (κ1) is 11.5. The minimum absolute atomic E-state index is 0.456. The van der Waals surface area contributed by atoms with E-state index in [2.05, 4.69) is 31.1 Å². The number of aromatic nitrogens is 1. The van der Waals surface area contributed by atoms with Crippen LogP contribution in [0.3, 0.4) is 0 Å². The lowest BCUT2D eigenvalue weighted by Crippen LogP contribution is -2.16. The molecular weight excluding hydrogens is 186 g/mol. The van der Waals surface area contributed by atoms with Crippen molar-refractivity contribution >= 4 is 5.69 Å². The van der Waals surface area contributed by atoms with Gasteiger partial charge in [0.05, 0.1) is 0 Å². The lowest BCUT2D eigenvalue weighted by molar-refractivity contribution is 0.440. The van der Waals surface area contributed by atoms with E-state index in [9.17, 15) is 0 Å². The third-order valence-electron chi connectivity index (χ3n) is 2.64. The highest BCUT2D eigenvalue weighted by atomic mass is 14.9. The predicted octanol–water partition coefficient (Wildman–Crippen LogP) is 2.66. The van der Waals surface area contributed by atoms with Gasteiger partial charge in [-0.05, 0) is 24.0 Å². The number of nitrogens with zero attached hydrogens (tertiary/aromatic N) is 2. The molecule has 1 heterocycles. The standard InChI is InChI=1S/C12H17N3/c1-9(2)10(3)8-15-11-4-5-14-12(6-11)7-13/h4-6,9-10H,8H2,1-3H3,(H,14,15). The lowest BCUT2D eigenvalue weighted by atomic mass is 9.98. The summed E-state index contributed by atoms with van der Waals surface area (Å²) in [5.41, 5.74) is 1.42. The molecule has 0 saturated carbocycles. The SMILES string of the molecule is CC(C)C(C)CNc1ccnc(C#N)c1. The van der Waals surface area contributed by atoms with Crippen molar-refractivity contribution in [1.29, 1.82) is 5.26 Å². The summed E-state index contributed by atoms with van der Waals surface area (Å²) in [5.74, 6) is 1.28. The number of hydrogen-bond acceptors (Lipinski definition) is 3. The topological polar surface area (TPSA) is 48.7 Å². The summed E-state index contributed by atoms with van der Waals surface area (Å²) >= 11 is 0. The number of nitrogens with one attached hydrogen (secondary N) is 1. The maximum atomic E-state index is 8.69. The summed E-state index contributed by atoms with van der Waals surface area (Å²) in [4.78, 5) is 3.92. The largest absolute Gasteiger partial charge is 0.385 e. The molecule has 3 nitrogen and oxygen atoms in total. The third-order valence-corrected chi connectivity index (χ3v) is 2.64. The highest BCUT2D eigenvalue weighted by molar-refractivity contribution is 5.45. The molecule has 0 spiro atoms. The average molecular weight is 203 g/mol. The predicted molar refractivity (Wildman–Crippen MR) is 61.4 cm³/mol. The van der Waals surface area contributed by atoms with Crippen LogP contribution < -0.4 is 5.32 Å². The molecule has 0 aliphatic carbocycles. The Morgan fingerprint density at radius 1 is 1.47 bits per heavy atom. The molecule has 0 amide bonds. The molecule has 0 fully saturated rings. The van der Waals surface area contributed by atoms with Crippen molar-refractivity contribution in [2.45, 2.75) is 20.8 Å². The van der Waals surface area contributed by atoms with Gasteiger partial charge < -0.3 is 5.32 Å². The number of pyridine rings is 1. The second kappa shape index (κ2) is 5.35. The Balaban J connectivity index is 2.55. The molecule has 1 atom stereocenters. The van der Waals surface area contributed by atoms with Gasteiger partial charge in [0.2, 0.25) is 0 Å². The van der Waals surface area contributed by atoms with Gasteiger partial charge in [-0.15, -0.1) is 0 Å². The van der Waals surface area contributed by atoms with E-state index in [1.54, 1.807) is 12.3 Å². The third kappa shape index (κ3) is 3.59. The first-order valence-electron chi connectivity index (χ1n) is 5.23. The fourth-order valence-corrected chi connectivity index (χ4v) is 1.12. The highest BCUT2D eigenvalue weighted by Gasteiger charge is 2.06. The molecule has 15 heavy (non-hydrogen) atoms. The molecule has 1 N–H and O–H groups in total. The van der Waals surface area contributed by atoms with E-state index < -0.39 is 0 Å². The lowest BCUT2D eigenvalue weighted by Gasteiger charge is -2.16. The Hall–Kier alpha value is -1.56. The summed E-state index contributed by atoms with van der Waals surface area (Å²) in [7, 11) is 0. The molecule has 1 rings (SSSR count). The molecule has 0 aromatic carbocycles. The molecule has 80 valence electrons. The minimum atomic E-state index is 0.456. The van der Waals surface area contributed by atoms with Crippen LogP contribution >= 0.6 is 0 Å². The summed E-state index contributed by atoms with van der Waals surface area (Å²) in [5, 5.41) is 12.0. The molecule has 1 unspecified atom stereocenters. The second-order valence-corrected chi connectivity index (χ2v) is 4.14. The van der Waals surface area contributed by atoms with Gasteiger partial charge in [0.1, 0.15) is 11.8 Å². The molecule has 1 aromatic heterocycles. The quantitative estimate of drug-likeness (QED) is 0.818. The molecule has 3 heteroatoms. The summed E-state index contributed by atoms with van der Waals surface area (Å²) < 4.78 is 0. The van der Waals surface area contributed by atoms with Crippen molar-refractivity contribution in [1.82, 2.24) is 4.98 Å². The van der Waals surface area contributed by atoms with Crippen LogP contribution in [0.4, 0.5) is 5.69 Å². The van der Waals surface area contributed by atoms with Gasteiger partial charge >= 0.3 is 0 Å². The average Bonchev–Trinajstić information content (AvgIpc) is 2.26. The van der Waals surface area contributed by atoms with Crippen molar-refractivity contribution in [2.75, 3.05) is 11.9 Å². The van der Waals surface area contributed by atoms with Gasteiger partial charge in [0.15, 0.2) is 0 Å². The smallest absolute Gasteiger partial charge is 0.142 e. The van der Waals surface area contributed by atoms with Gasteiger partial charge in [-0.25, -0.2) is 4.98 Å². The van der Waals surface area contributed by atoms with Crippen LogP contribution in [0.2, 0.25) is 0 Å². The number of hydrogen-bond donors (Lipinski definition) is 1. The fourth-order valence-electron chi connectivity index (χ4n) is 1.12. The fraction of sp³-hybridized carbons (Fsp3) is 0.500. The molecule has 0 radical (unpaired) electrons. The van der Waals surface area contributed by atoms with Crippen molar-refractivity contribution in [2.24, 2.45) is 11.8 Å². The van der Waals surface area contributed by atoms with Crippen LogP contribution in [0.25, 0.3) is 0 Å². The molecule has 0 aliphatic rings. The van der Waals surface area contributed by atoms with Gasteiger partial charge in [-0.2, -0.15) is 5.26 Å². The number of nitriles is 1. The van der Waals surface area contributed by atoms with Crippen LogP contribution in [0.1, 0.15) is 26.5 Å². The van der Waals surface area contributed by atoms with E-state index in [-0.39, 0.29) is 0 Å². The maximum absolute atomic E-state index is 8.69. The van der Waals surface area contributed by atoms with E-state index >= 15 is 0 Å². The Morgan fingerprint density at radius 3 is 2.80 bits per heavy atom. The molecule has 1 aromatic rings. The molecular formula is C12H17N3. The van der Waals surface area contributed by atoms with Crippen molar-refractivity contribution in [3.63, 3.8) is 0 Å². The van der Waals surface area contributed by atoms with Gasteiger partial charge in [0, 0.05) is 18.4 Å². The van der Waals surface area contributed by atoms with Crippen LogP contribution in [-0.4, -0.2) is 11.5 Å². The van der Waals surface area contributed by atoms with Crippen molar-refractivity contribution in [3.05, 3.63) is 24.0 Å². The highest BCUT2D eigenvalue weighted by Crippen LogP contribution is 2.12. The minimum Gasteiger partial charge on any atom is -0.385 e. The Kier molecular flexibility index (Phi) is 4.11. The van der Waals surface area contributed by atoms with E-state index in [1.807, 2.05) is 12.1 Å². The van der Waals surface area contributed by atoms with E-state index in [4.69, 9.17) is 5.26 Å². The molecule has 0 saturated heterocycles. The molecule has 0 bridgehead atoms. The summed E-state index contributed by atoms with van der Waals surface area (Å²) in [6, 6.07) is 5.68. The second-order valence-electron chi connectivity index (χ2n) is 4.14. The normalized spacial score (nSPS) is 12.2. The number of anilines is 1. The monoisotopic (exact) mass is 203 g/mol. The zero-order chi connectivity index (χ0) is 11.3. The van der Waals surface area contributed by atoms with Crippen molar-refractivity contribution in [3.8, 4) is 6.07 Å². The van der Waals surface area contributed by atoms with Gasteiger partial charge in [0.25, 0.3) is 0 Å². The molecule has 0 aliphatic heterocycles. The van der Waals surface area contributed by atoms with Crippen LogP contribution in [0.5, 0.6) is 0 Å². The Morgan fingerprint density at radius 2 is 2.20 bits per heavy atom. The zero-order valence-corrected chi connectivity index (χ0v) is 9.49.